The van der Waals surface area contributed by atoms with Crippen molar-refractivity contribution in [3.05, 3.63) is 0 Å². The number of thioether (sulfide) groups is 1. The van der Waals surface area contributed by atoms with E-state index in [-0.39, 0.29) is 5.92 Å². The van der Waals surface area contributed by atoms with Crippen LogP contribution in [0.5, 0.6) is 0 Å². The summed E-state index contributed by atoms with van der Waals surface area (Å²) < 4.78 is 14.2. The van der Waals surface area contributed by atoms with Crippen molar-refractivity contribution in [3.8, 4) is 0 Å². The molecule has 0 unspecified atom stereocenters. The summed E-state index contributed by atoms with van der Waals surface area (Å²) in [6.45, 7) is 5.88. The summed E-state index contributed by atoms with van der Waals surface area (Å²) >= 11 is 1.21. The molecule has 0 aliphatic carbocycles. The minimum Gasteiger partial charge on any atom is -0.480 e. The summed E-state index contributed by atoms with van der Waals surface area (Å²) in [4.78, 5) is 11.0. The van der Waals surface area contributed by atoms with Crippen molar-refractivity contribution in [2.45, 2.75) is 45.6 Å². The maximum atomic E-state index is 11.0. The molecule has 0 aliphatic heterocycles. The van der Waals surface area contributed by atoms with Gasteiger partial charge in [-0.25, -0.2) is 11.5 Å². The third-order valence-electron chi connectivity index (χ3n) is 2.73. The number of carboxylic acid groups (broad SMARTS) is 1. The number of nitrogens with one attached hydrogen (secondary N) is 1. The molecule has 0 spiro atoms. The number of unbranched alkanes of at least 4 members (excludes halogenated alkanes) is 1. The minimum absolute atomic E-state index is 0.0261. The molecule has 0 bridgehead atoms. The molecule has 18 heavy (non-hydrogen) atoms. The SMILES string of the molecule is CCCCSCC[C@](N)(C(=O)O)C(C)C.N=[SH-]=O. The van der Waals surface area contributed by atoms with Crippen molar-refractivity contribution in [1.82, 2.24) is 0 Å². The van der Waals surface area contributed by atoms with E-state index in [0.29, 0.717) is 6.42 Å². The van der Waals surface area contributed by atoms with Crippen LogP contribution >= 0.6 is 11.8 Å². The van der Waals surface area contributed by atoms with Crippen LogP contribution in [-0.2, 0) is 20.5 Å². The summed E-state index contributed by atoms with van der Waals surface area (Å²) in [5.74, 6) is 1.03. The zero-order chi connectivity index (χ0) is 14.6. The second kappa shape index (κ2) is 11.8. The van der Waals surface area contributed by atoms with Gasteiger partial charge in [0, 0.05) is 0 Å². The molecule has 110 valence electrons. The highest BCUT2D eigenvalue weighted by Gasteiger charge is 2.36. The highest BCUT2D eigenvalue weighted by molar-refractivity contribution is 7.99. The second-order valence-electron chi connectivity index (χ2n) is 4.31. The molecule has 7 heteroatoms. The molecule has 0 heterocycles. The normalized spacial score (nSPS) is 13.6. The van der Waals surface area contributed by atoms with Crippen LogP contribution in [0.15, 0.2) is 0 Å². The van der Waals surface area contributed by atoms with Crippen LogP contribution in [0, 0.1) is 10.7 Å². The molecule has 0 saturated heterocycles. The molecule has 0 aromatic heterocycles. The highest BCUT2D eigenvalue weighted by atomic mass is 32.2. The molecule has 0 radical (unpaired) electrons. The topological polar surface area (TPSA) is 104 Å². The van der Waals surface area contributed by atoms with Gasteiger partial charge in [0.15, 0.2) is 0 Å². The lowest BCUT2D eigenvalue weighted by molar-refractivity contribution is -0.145. The lowest BCUT2D eigenvalue weighted by atomic mass is 9.85. The van der Waals surface area contributed by atoms with Gasteiger partial charge in [-0.15, -0.1) is 0 Å². The zero-order valence-corrected chi connectivity index (χ0v) is 13.0. The van der Waals surface area contributed by atoms with Crippen LogP contribution in [0.3, 0.4) is 0 Å². The molecular weight excluding hydrogens is 272 g/mol. The molecule has 4 N–H and O–H groups in total. The van der Waals surface area contributed by atoms with Crippen LogP contribution in [0.4, 0.5) is 0 Å². The minimum atomic E-state index is -1.06. The quantitative estimate of drug-likeness (QED) is 0.362. The van der Waals surface area contributed by atoms with Crippen LogP contribution < -0.4 is 5.73 Å². The van der Waals surface area contributed by atoms with E-state index in [0.717, 1.165) is 11.5 Å². The van der Waals surface area contributed by atoms with E-state index in [9.17, 15) is 4.79 Å². The Kier molecular flexibility index (Phi) is 13.1. The summed E-state index contributed by atoms with van der Waals surface area (Å²) in [7, 11) is 0. The fraction of sp³-hybridized carbons (Fsp3) is 0.909. The Morgan fingerprint density at radius 1 is 1.50 bits per heavy atom. The number of carbonyl (C=O) groups is 1. The van der Waals surface area contributed by atoms with E-state index in [4.69, 9.17) is 19.8 Å². The van der Waals surface area contributed by atoms with Gasteiger partial charge >= 0.3 is 5.97 Å². The molecule has 0 amide bonds. The van der Waals surface area contributed by atoms with Gasteiger partial charge in [0.2, 0.25) is 0 Å². The third-order valence-corrected chi connectivity index (χ3v) is 3.80. The van der Waals surface area contributed by atoms with E-state index in [1.165, 1.54) is 12.8 Å². The van der Waals surface area contributed by atoms with Gasteiger partial charge in [0.1, 0.15) is 5.54 Å². The number of hydrogen-bond donors (Lipinski definition) is 3. The molecule has 1 atom stereocenters. The summed E-state index contributed by atoms with van der Waals surface area (Å²) in [6, 6.07) is 0. The van der Waals surface area contributed by atoms with Crippen molar-refractivity contribution in [1.29, 1.82) is 4.78 Å². The second-order valence-corrected chi connectivity index (χ2v) is 5.71. The fourth-order valence-corrected chi connectivity index (χ4v) is 2.41. The number of rotatable bonds is 8. The standard InChI is InChI=1S/C11H23NO2S.H2NOS/c1-4-5-7-15-8-6-11(12,9(2)3)10(13)14;1-3-2/h9H,4-8,12H2,1-3H3,(H,13,14);1,3H/q;-1/t11-;/m1./s1. The fourth-order valence-electron chi connectivity index (χ4n) is 1.23. The van der Waals surface area contributed by atoms with Gasteiger partial charge in [-0.2, -0.15) is 11.8 Å². The molecule has 0 rings (SSSR count). The molecule has 0 fully saturated rings. The summed E-state index contributed by atoms with van der Waals surface area (Å²) in [6.07, 6.45) is 2.93. The average Bonchev–Trinajstić information content (AvgIpc) is 2.29. The molecular formula is C11H25N2O3S2-. The monoisotopic (exact) mass is 297 g/mol. The Morgan fingerprint density at radius 2 is 2.00 bits per heavy atom. The first-order chi connectivity index (χ1) is 8.36. The van der Waals surface area contributed by atoms with E-state index >= 15 is 0 Å². The predicted octanol–water partition coefficient (Wildman–Crippen LogP) is 2.26. The van der Waals surface area contributed by atoms with Crippen molar-refractivity contribution >= 4 is 29.2 Å². The van der Waals surface area contributed by atoms with Crippen molar-refractivity contribution in [2.24, 2.45) is 11.7 Å². The first-order valence-corrected chi connectivity index (χ1v) is 7.92. The smallest absolute Gasteiger partial charge is 0.323 e. The van der Waals surface area contributed by atoms with Crippen molar-refractivity contribution < 1.29 is 14.1 Å². The zero-order valence-electron chi connectivity index (χ0n) is 11.3. The molecule has 0 aromatic rings. The Hall–Kier alpha value is -0.270. The van der Waals surface area contributed by atoms with Gasteiger partial charge in [0.05, 0.1) is 0 Å². The number of hydrogen-bond acceptors (Lipinski definition) is 6. The van der Waals surface area contributed by atoms with Gasteiger partial charge in [0.25, 0.3) is 0 Å². The largest absolute Gasteiger partial charge is 0.480 e. The Balaban J connectivity index is 0. The maximum Gasteiger partial charge on any atom is 0.323 e. The van der Waals surface area contributed by atoms with Crippen LogP contribution in [0.25, 0.3) is 0 Å². The number of thiol groups is 1. The lowest BCUT2D eigenvalue weighted by Gasteiger charge is -2.28. The molecule has 0 saturated carbocycles. The van der Waals surface area contributed by atoms with E-state index in [1.54, 1.807) is 11.8 Å². The van der Waals surface area contributed by atoms with Crippen molar-refractivity contribution in [3.63, 3.8) is 0 Å². The van der Waals surface area contributed by atoms with Gasteiger partial charge < -0.3 is 19.8 Å². The van der Waals surface area contributed by atoms with E-state index in [2.05, 4.69) is 6.92 Å². The van der Waals surface area contributed by atoms with Gasteiger partial charge in [-0.1, -0.05) is 27.2 Å². The van der Waals surface area contributed by atoms with Crippen molar-refractivity contribution in [2.75, 3.05) is 11.5 Å². The molecule has 5 nitrogen and oxygen atoms in total. The maximum absolute atomic E-state index is 11.0. The van der Waals surface area contributed by atoms with E-state index < -0.39 is 23.0 Å². The Bertz CT molecular complexity index is 269. The third kappa shape index (κ3) is 8.77. The van der Waals surface area contributed by atoms with Crippen LogP contribution in [0.1, 0.15) is 40.0 Å². The molecule has 0 aromatic carbocycles. The summed E-state index contributed by atoms with van der Waals surface area (Å²) in [5.41, 5.74) is 4.83. The van der Waals surface area contributed by atoms with Gasteiger partial charge in [-0.05, 0) is 30.3 Å². The average molecular weight is 297 g/mol. The van der Waals surface area contributed by atoms with E-state index in [1.807, 2.05) is 13.8 Å². The van der Waals surface area contributed by atoms with Crippen LogP contribution in [0.2, 0.25) is 0 Å². The summed E-state index contributed by atoms with van der Waals surface area (Å²) in [5, 5.41) is 9.07. The Morgan fingerprint density at radius 3 is 2.33 bits per heavy atom. The number of nitrogens with two attached hydrogens (primary N) is 1. The highest BCUT2D eigenvalue weighted by Crippen LogP contribution is 2.21. The van der Waals surface area contributed by atoms with Crippen LogP contribution in [-0.4, -0.2) is 28.1 Å². The number of aliphatic carboxylic acids is 1. The lowest BCUT2D eigenvalue weighted by Crippen LogP contribution is -2.52. The first kappa shape index (κ1) is 20.1. The predicted molar refractivity (Wildman–Crippen MR) is 78.4 cm³/mol. The first-order valence-electron chi connectivity index (χ1n) is 5.95. The van der Waals surface area contributed by atoms with Gasteiger partial charge in [-0.3, -0.25) is 4.79 Å². The number of carboxylic acids is 1. The Labute approximate surface area is 117 Å². The molecule has 0 aliphatic rings.